The van der Waals surface area contributed by atoms with Crippen LogP contribution < -0.4 is 66.3 Å². The van der Waals surface area contributed by atoms with Gasteiger partial charge in [0, 0.05) is 83.1 Å². The van der Waals surface area contributed by atoms with E-state index >= 15 is 0 Å². The Labute approximate surface area is 692 Å². The van der Waals surface area contributed by atoms with E-state index in [1.165, 1.54) is 28.0 Å². The van der Waals surface area contributed by atoms with E-state index in [4.69, 9.17) is 0 Å². The molecule has 0 radical (unpaired) electrons. The van der Waals surface area contributed by atoms with E-state index in [2.05, 4.69) is 143 Å². The van der Waals surface area contributed by atoms with Gasteiger partial charge in [-0.3, -0.25) is 39.1 Å². The van der Waals surface area contributed by atoms with E-state index < -0.39 is 68.3 Å². The summed E-state index contributed by atoms with van der Waals surface area (Å²) >= 11 is 0. The maximum absolute atomic E-state index is 13.8. The lowest BCUT2D eigenvalue weighted by Crippen LogP contribution is -2.30. The first-order valence-corrected chi connectivity index (χ1v) is 39.5. The fourth-order valence-corrected chi connectivity index (χ4v) is 14.7. The van der Waals surface area contributed by atoms with E-state index in [-0.39, 0.29) is 58.6 Å². The predicted molar refractivity (Wildman–Crippen MR) is 461 cm³/mol. The predicted octanol–water partition coefficient (Wildman–Crippen LogP) is 10.8. The van der Waals surface area contributed by atoms with E-state index in [0.717, 1.165) is 96.9 Å². The number of halogens is 4. The summed E-state index contributed by atoms with van der Waals surface area (Å²) < 4.78 is 60.9. The van der Waals surface area contributed by atoms with Crippen LogP contribution >= 0.6 is 0 Å². The molecule has 8 N–H and O–H groups in total. The Balaban J connectivity index is 0.000000133. The molecule has 9 aromatic rings. The average molecular weight is 1650 g/mol. The van der Waals surface area contributed by atoms with Gasteiger partial charge in [0.2, 0.25) is 0 Å². The van der Waals surface area contributed by atoms with Crippen LogP contribution in [0.5, 0.6) is 0 Å². The molecule has 8 heterocycles. The number of nitrogens with zero attached hydrogens (tertiary/aromatic N) is 12. The van der Waals surface area contributed by atoms with Gasteiger partial charge in [-0.15, -0.1) is 0 Å². The van der Waals surface area contributed by atoms with Crippen LogP contribution in [0.4, 0.5) is 17.6 Å². The Morgan fingerprint density at radius 3 is 1.12 bits per heavy atom. The second-order valence-electron chi connectivity index (χ2n) is 30.1. The van der Waals surface area contributed by atoms with Crippen LogP contribution in [-0.2, 0) is 39.3 Å². The van der Waals surface area contributed by atoms with Crippen LogP contribution in [0.15, 0.2) is 196 Å². The van der Waals surface area contributed by atoms with Crippen LogP contribution in [-0.4, -0.2) is 104 Å². The van der Waals surface area contributed by atoms with Crippen molar-refractivity contribution in [1.29, 1.82) is 0 Å². The van der Waals surface area contributed by atoms with E-state index in [1.54, 1.807) is 9.13 Å². The van der Waals surface area contributed by atoms with Crippen LogP contribution in [0.25, 0.3) is 101 Å². The molecule has 2 atom stereocenters. The molecule has 32 heteroatoms. The fraction of sp³-hybridized carbons (Fsp3) is 0.244. The fourth-order valence-electron chi connectivity index (χ4n) is 14.7. The highest BCUT2D eigenvalue weighted by Gasteiger charge is 2.25. The number of aromatic amines is 4. The average Bonchev–Trinajstić information content (AvgIpc) is 0.774. The summed E-state index contributed by atoms with van der Waals surface area (Å²) in [5.74, 6) is -1.79. The molecular weight excluding hydrogens is 1570 g/mol. The SMILES string of the molecule is Cc1cc2nc3c(=O)[nH]c(=O)nc-3n(CCNC(C)c3cccc4ccccc34)c2cc1C.Cc1cc2nc3c(=O)[nH]c(=O)nc-3n(CCNC(C)c3ccccc3)c2cc1C.Cc1cc2nc3c(=O)[nH]c(=O)nc-3n(CCNCc3cc(F)ccc3F)c2cc1C.Cc1cc2nc3c(=O)[nH]c(=O)nc-3n(CCNCc3ccc(F)c(F)c3)c2cc1C. The molecule has 622 valence electrons. The first kappa shape index (κ1) is 84.4. The molecule has 0 bridgehead atoms. The molecule has 8 aliphatic heterocycles. The van der Waals surface area contributed by atoms with Gasteiger partial charge in [0.25, 0.3) is 22.2 Å². The summed E-state index contributed by atoms with van der Waals surface area (Å²) in [6.07, 6.45) is 0. The van der Waals surface area contributed by atoms with Crippen LogP contribution in [0.3, 0.4) is 0 Å². The van der Waals surface area contributed by atoms with Crippen molar-refractivity contribution in [1.82, 2.24) is 99.3 Å². The highest BCUT2D eigenvalue weighted by molar-refractivity contribution is 5.87. The van der Waals surface area contributed by atoms with Crippen molar-refractivity contribution in [2.45, 2.75) is 121 Å². The Morgan fingerprint density at radius 2 is 0.705 bits per heavy atom. The lowest BCUT2D eigenvalue weighted by molar-refractivity contribution is 0.505. The van der Waals surface area contributed by atoms with Crippen molar-refractivity contribution >= 4 is 54.9 Å². The van der Waals surface area contributed by atoms with Gasteiger partial charge in [-0.05, 0) is 220 Å². The highest BCUT2D eigenvalue weighted by Crippen LogP contribution is 2.30. The molecular formula is C90H86F4N20O8. The van der Waals surface area contributed by atoms with Crippen molar-refractivity contribution in [2.24, 2.45) is 0 Å². The number of H-pyrrole nitrogens is 4. The summed E-state index contributed by atoms with van der Waals surface area (Å²) in [4.78, 5) is 139. The molecule has 8 aliphatic rings. The monoisotopic (exact) mass is 1650 g/mol. The summed E-state index contributed by atoms with van der Waals surface area (Å²) in [5, 5.41) is 15.7. The van der Waals surface area contributed by atoms with Gasteiger partial charge in [-0.1, -0.05) is 78.9 Å². The zero-order chi connectivity index (χ0) is 86.5. The summed E-state index contributed by atoms with van der Waals surface area (Å²) in [5.41, 5.74) is 13.1. The number of aryl methyl sites for hydroxylation is 8. The summed E-state index contributed by atoms with van der Waals surface area (Å²) in [6, 6.07) is 47.8. The van der Waals surface area contributed by atoms with Crippen LogP contribution in [0, 0.1) is 78.7 Å². The summed E-state index contributed by atoms with van der Waals surface area (Å²) in [7, 11) is 0. The molecule has 2 unspecified atom stereocenters. The molecule has 0 spiro atoms. The first-order valence-electron chi connectivity index (χ1n) is 39.5. The van der Waals surface area contributed by atoms with Gasteiger partial charge in [0.05, 0.1) is 44.1 Å². The molecule has 122 heavy (non-hydrogen) atoms. The van der Waals surface area contributed by atoms with Gasteiger partial charge in [-0.25, -0.2) is 56.7 Å². The largest absolute Gasteiger partial charge is 0.349 e. The Bertz CT molecular complexity index is 7240. The van der Waals surface area contributed by atoms with Gasteiger partial charge >= 0.3 is 22.8 Å². The maximum atomic E-state index is 13.8. The molecule has 0 aromatic heterocycles. The molecule has 9 aromatic carbocycles. The van der Waals surface area contributed by atoms with Crippen molar-refractivity contribution in [3.63, 3.8) is 0 Å². The van der Waals surface area contributed by atoms with Crippen LogP contribution in [0.2, 0.25) is 0 Å². The van der Waals surface area contributed by atoms with Crippen molar-refractivity contribution in [2.75, 3.05) is 26.2 Å². The number of hydrogen-bond donors (Lipinski definition) is 8. The molecule has 0 saturated carbocycles. The molecule has 17 rings (SSSR count). The zero-order valence-electron chi connectivity index (χ0n) is 68.4. The Hall–Kier alpha value is -14.1. The third-order valence-electron chi connectivity index (χ3n) is 21.7. The van der Waals surface area contributed by atoms with Crippen molar-refractivity contribution in [3.8, 4) is 46.1 Å². The molecule has 0 saturated heterocycles. The Kier molecular flexibility index (Phi) is 25.1. The minimum Gasteiger partial charge on any atom is -0.321 e. The second-order valence-corrected chi connectivity index (χ2v) is 30.1. The normalized spacial score (nSPS) is 12.0. The van der Waals surface area contributed by atoms with Gasteiger partial charge < -0.3 is 39.5 Å². The maximum Gasteiger partial charge on any atom is 0.349 e. The minimum atomic E-state index is -0.896. The molecule has 0 fully saturated rings. The minimum absolute atomic E-state index is 0.0709. The van der Waals surface area contributed by atoms with Gasteiger partial charge in [0.1, 0.15) is 11.6 Å². The van der Waals surface area contributed by atoms with Crippen molar-refractivity contribution < 1.29 is 17.6 Å². The lowest BCUT2D eigenvalue weighted by atomic mass is 10.00. The van der Waals surface area contributed by atoms with Crippen molar-refractivity contribution in [3.05, 3.63) is 331 Å². The molecule has 0 aliphatic carbocycles. The standard InChI is InChI=1S/C26H25N5O2.C22H23N5O2.2C21H19F2N5O2/c1-15-13-21-22(14-16(15)2)31(24-23(28-21)25(32)30-26(33)29-24)12-11-27-17(3)19-10-6-8-18-7-4-5-9-20(18)19;1-13-11-17-18(12-14(13)2)27(20-19(24-17)21(28)26-22(29)25-20)10-9-23-15(3)16-7-5-4-6-8-16;1-11-7-16-17(8-12(11)2)28(19-18(25-16)20(29)27-21(30)26-19)6-5-24-10-13-9-14(22)3-4-15(13)23;1-11-7-16-17(8-12(11)2)28(19-18(25-16)20(29)27-21(30)26-19)6-5-24-10-13-3-4-14(22)15(23)9-13/h4-10,13-14,17,27H,11-12H2,1-3H3,(H,30,32,33);4-8,11-12,15,23H,9-10H2,1-3H3,(H,26,28,29);2*3-4,7-9,24H,5-6,10H2,1-2H3,(H,27,29,30). The van der Waals surface area contributed by atoms with E-state index in [9.17, 15) is 55.9 Å². The Morgan fingerprint density at radius 1 is 0.344 bits per heavy atom. The third-order valence-corrected chi connectivity index (χ3v) is 21.7. The lowest BCUT2D eigenvalue weighted by Gasteiger charge is -2.20. The van der Waals surface area contributed by atoms with E-state index in [1.807, 2.05) is 137 Å². The topological polar surface area (TPSA) is 371 Å². The first-order chi connectivity index (χ1) is 58.5. The smallest absolute Gasteiger partial charge is 0.321 e. The number of hydrogen-bond acceptors (Lipinski definition) is 20. The third kappa shape index (κ3) is 18.5. The van der Waals surface area contributed by atoms with E-state index in [0.29, 0.717) is 98.2 Å². The molecule has 0 amide bonds. The van der Waals surface area contributed by atoms with Crippen LogP contribution in [0.1, 0.15) is 92.7 Å². The van der Waals surface area contributed by atoms with Gasteiger partial charge in [0.15, 0.2) is 57.7 Å². The highest BCUT2D eigenvalue weighted by atomic mass is 19.2. The number of aromatic nitrogens is 16. The second kappa shape index (κ2) is 36.2. The zero-order valence-corrected chi connectivity index (χ0v) is 68.4. The number of nitrogens with one attached hydrogen (secondary N) is 8. The summed E-state index contributed by atoms with van der Waals surface area (Å²) in [6.45, 7) is 24.5. The number of fused-ring (bicyclic) bond motifs is 9. The number of benzene rings is 9. The molecule has 28 nitrogen and oxygen atoms in total. The van der Waals surface area contributed by atoms with Gasteiger partial charge in [-0.2, -0.15) is 19.9 Å². The number of rotatable bonds is 20. The quantitative estimate of drug-likeness (QED) is 0.0200.